The number of aliphatic hydroxyl groups excluding tert-OH is 1. The van der Waals surface area contributed by atoms with Gasteiger partial charge in [-0.05, 0) is 62.7 Å². The number of hydrogen-bond acceptors (Lipinski definition) is 4. The van der Waals surface area contributed by atoms with E-state index < -0.39 is 11.0 Å². The van der Waals surface area contributed by atoms with Gasteiger partial charge in [0.1, 0.15) is 6.10 Å². The van der Waals surface area contributed by atoms with Crippen molar-refractivity contribution in [3.63, 3.8) is 0 Å². The minimum atomic E-state index is -0.739. The van der Waals surface area contributed by atoms with Gasteiger partial charge in [-0.2, -0.15) is 0 Å². The quantitative estimate of drug-likeness (QED) is 0.552. The Bertz CT molecular complexity index is 566. The van der Waals surface area contributed by atoms with Gasteiger partial charge < -0.3 is 14.9 Å². The first-order chi connectivity index (χ1) is 12.0. The number of allylic oxidation sites excluding steroid dienone is 2. The van der Waals surface area contributed by atoms with Gasteiger partial charge in [-0.3, -0.25) is 4.79 Å². The molecular weight excluding hydrogens is 328 g/mol. The number of ether oxygens (including phenoxy) is 1. The summed E-state index contributed by atoms with van der Waals surface area (Å²) < 4.78 is 5.61. The van der Waals surface area contributed by atoms with Crippen LogP contribution in [0.15, 0.2) is 24.8 Å². The number of aliphatic hydroxyl groups is 2. The van der Waals surface area contributed by atoms with Gasteiger partial charge in [0, 0.05) is 12.3 Å². The fraction of sp³-hybridized carbons (Fsp3) is 0.773. The Morgan fingerprint density at radius 2 is 1.92 bits per heavy atom. The van der Waals surface area contributed by atoms with E-state index in [9.17, 15) is 15.0 Å². The Labute approximate surface area is 158 Å². The van der Waals surface area contributed by atoms with Gasteiger partial charge in [0.25, 0.3) is 0 Å². The van der Waals surface area contributed by atoms with Crippen molar-refractivity contribution in [2.45, 2.75) is 77.9 Å². The molecule has 0 spiro atoms. The summed E-state index contributed by atoms with van der Waals surface area (Å²) in [5.74, 6) is 0.00911. The minimum Gasteiger partial charge on any atom is -0.462 e. The van der Waals surface area contributed by atoms with Gasteiger partial charge in [-0.25, -0.2) is 0 Å². The molecule has 26 heavy (non-hydrogen) atoms. The van der Waals surface area contributed by atoms with Crippen molar-refractivity contribution in [1.29, 1.82) is 0 Å². The normalized spacial score (nSPS) is 42.6. The van der Waals surface area contributed by atoms with Crippen LogP contribution in [0.1, 0.15) is 66.2 Å². The standard InChI is InChI=1S/C22H36O4/c1-7-15(2)8-9-18-20(4)12-11-19(26-16(3)24)21(5,14-23)17(20)10-13-22(18,6)25/h7,17-19,23,25H,1-2,8-14H2,3-6H3. The monoisotopic (exact) mass is 364 g/mol. The van der Waals surface area contributed by atoms with Gasteiger partial charge in [0.2, 0.25) is 0 Å². The van der Waals surface area contributed by atoms with E-state index in [1.807, 2.05) is 13.8 Å². The van der Waals surface area contributed by atoms with Crippen LogP contribution < -0.4 is 0 Å². The van der Waals surface area contributed by atoms with Crippen LogP contribution in [0.25, 0.3) is 0 Å². The highest BCUT2D eigenvalue weighted by Gasteiger charge is 2.62. The predicted octanol–water partition coefficient (Wildman–Crippen LogP) is 4.02. The summed E-state index contributed by atoms with van der Waals surface area (Å²) in [6.07, 6.45) is 6.31. The molecule has 6 atom stereocenters. The Hall–Kier alpha value is -1.13. The van der Waals surface area contributed by atoms with Gasteiger partial charge in [0.05, 0.1) is 12.2 Å². The fourth-order valence-corrected chi connectivity index (χ4v) is 6.00. The Morgan fingerprint density at radius 3 is 2.46 bits per heavy atom. The summed E-state index contributed by atoms with van der Waals surface area (Å²) in [5, 5.41) is 21.5. The maximum Gasteiger partial charge on any atom is 0.302 e. The molecule has 4 heteroatoms. The molecule has 2 aliphatic rings. The van der Waals surface area contributed by atoms with Crippen molar-refractivity contribution in [1.82, 2.24) is 0 Å². The molecular formula is C22H36O4. The average molecular weight is 365 g/mol. The second-order valence-corrected chi connectivity index (χ2v) is 9.21. The van der Waals surface area contributed by atoms with E-state index in [0.29, 0.717) is 6.42 Å². The molecule has 6 unspecified atom stereocenters. The average Bonchev–Trinajstić information content (AvgIpc) is 2.56. The van der Waals surface area contributed by atoms with E-state index in [-0.39, 0.29) is 35.9 Å². The van der Waals surface area contributed by atoms with E-state index in [0.717, 1.165) is 37.7 Å². The van der Waals surface area contributed by atoms with Crippen molar-refractivity contribution in [3.05, 3.63) is 24.8 Å². The molecule has 0 radical (unpaired) electrons. The number of carbonyl (C=O) groups is 1. The zero-order valence-corrected chi connectivity index (χ0v) is 16.9. The molecule has 2 N–H and O–H groups in total. The number of fused-ring (bicyclic) bond motifs is 1. The third kappa shape index (κ3) is 3.63. The summed E-state index contributed by atoms with van der Waals surface area (Å²) >= 11 is 0. The minimum absolute atomic E-state index is 0.0145. The predicted molar refractivity (Wildman–Crippen MR) is 103 cm³/mol. The topological polar surface area (TPSA) is 66.8 Å². The van der Waals surface area contributed by atoms with Gasteiger partial charge in [-0.1, -0.05) is 38.7 Å². The number of rotatable bonds is 6. The molecule has 0 bridgehead atoms. The lowest BCUT2D eigenvalue weighted by molar-refractivity contribution is -0.218. The highest BCUT2D eigenvalue weighted by Crippen LogP contribution is 2.63. The molecule has 2 fully saturated rings. The summed E-state index contributed by atoms with van der Waals surface area (Å²) in [7, 11) is 0. The fourth-order valence-electron chi connectivity index (χ4n) is 6.00. The smallest absolute Gasteiger partial charge is 0.302 e. The Kier molecular flexibility index (Phi) is 6.09. The molecule has 148 valence electrons. The van der Waals surface area contributed by atoms with Crippen LogP contribution in [-0.2, 0) is 9.53 Å². The highest BCUT2D eigenvalue weighted by molar-refractivity contribution is 5.66. The van der Waals surface area contributed by atoms with E-state index in [1.54, 1.807) is 6.08 Å². The van der Waals surface area contributed by atoms with E-state index in [2.05, 4.69) is 20.1 Å². The number of hydrogen-bond donors (Lipinski definition) is 2. The van der Waals surface area contributed by atoms with Crippen molar-refractivity contribution in [3.8, 4) is 0 Å². The molecule has 0 aromatic rings. The first-order valence-electron chi connectivity index (χ1n) is 9.82. The molecule has 2 aliphatic carbocycles. The molecule has 0 saturated heterocycles. The van der Waals surface area contributed by atoms with Gasteiger partial charge in [-0.15, -0.1) is 0 Å². The van der Waals surface area contributed by atoms with Crippen LogP contribution in [0.2, 0.25) is 0 Å². The molecule has 0 heterocycles. The van der Waals surface area contributed by atoms with Crippen molar-refractivity contribution in [2.24, 2.45) is 22.7 Å². The van der Waals surface area contributed by atoms with Crippen LogP contribution in [0.4, 0.5) is 0 Å². The van der Waals surface area contributed by atoms with E-state index in [4.69, 9.17) is 4.74 Å². The van der Waals surface area contributed by atoms with E-state index in [1.165, 1.54) is 6.92 Å². The van der Waals surface area contributed by atoms with Crippen molar-refractivity contribution < 1.29 is 19.7 Å². The molecule has 0 aromatic heterocycles. The zero-order valence-electron chi connectivity index (χ0n) is 16.9. The maximum atomic E-state index is 11.6. The SMILES string of the molecule is C=CC(=C)CCC1C(C)(O)CCC2C(C)(CO)C(OC(C)=O)CCC12C. The van der Waals surface area contributed by atoms with E-state index >= 15 is 0 Å². The lowest BCUT2D eigenvalue weighted by Crippen LogP contribution is -2.62. The second kappa shape index (κ2) is 7.47. The second-order valence-electron chi connectivity index (χ2n) is 9.21. The van der Waals surface area contributed by atoms with Crippen molar-refractivity contribution in [2.75, 3.05) is 6.61 Å². The summed E-state index contributed by atoms with van der Waals surface area (Å²) in [5.41, 5.74) is -0.345. The highest BCUT2D eigenvalue weighted by atomic mass is 16.5. The first-order valence-corrected chi connectivity index (χ1v) is 9.82. The number of esters is 1. The molecule has 0 aromatic carbocycles. The van der Waals surface area contributed by atoms with Crippen LogP contribution in [0.3, 0.4) is 0 Å². The maximum absolute atomic E-state index is 11.6. The molecule has 2 rings (SSSR count). The summed E-state index contributed by atoms with van der Waals surface area (Å²) in [6, 6.07) is 0. The van der Waals surface area contributed by atoms with Crippen LogP contribution in [-0.4, -0.2) is 34.5 Å². The summed E-state index contributed by atoms with van der Waals surface area (Å²) in [6.45, 7) is 15.5. The summed E-state index contributed by atoms with van der Waals surface area (Å²) in [4.78, 5) is 11.6. The molecule has 4 nitrogen and oxygen atoms in total. The largest absolute Gasteiger partial charge is 0.462 e. The van der Waals surface area contributed by atoms with Crippen LogP contribution in [0, 0.1) is 22.7 Å². The molecule has 2 saturated carbocycles. The molecule has 0 aliphatic heterocycles. The third-order valence-corrected chi connectivity index (χ3v) is 7.45. The Balaban J connectivity index is 2.36. The number of carbonyl (C=O) groups excluding carboxylic acids is 1. The zero-order chi connectivity index (χ0) is 19.8. The molecule has 0 amide bonds. The van der Waals surface area contributed by atoms with Gasteiger partial charge in [0.15, 0.2) is 0 Å². The van der Waals surface area contributed by atoms with Crippen molar-refractivity contribution >= 4 is 5.97 Å². The first kappa shape index (κ1) is 21.2. The van der Waals surface area contributed by atoms with Gasteiger partial charge >= 0.3 is 5.97 Å². The van der Waals surface area contributed by atoms with Crippen LogP contribution in [0.5, 0.6) is 0 Å². The lowest BCUT2D eigenvalue weighted by Gasteiger charge is -2.63. The van der Waals surface area contributed by atoms with Crippen LogP contribution >= 0.6 is 0 Å². The Morgan fingerprint density at radius 1 is 1.27 bits per heavy atom. The lowest BCUT2D eigenvalue weighted by atomic mass is 9.44. The third-order valence-electron chi connectivity index (χ3n) is 7.45.